The minimum absolute atomic E-state index is 0.0600. The highest BCUT2D eigenvalue weighted by Crippen LogP contribution is 2.38. The van der Waals surface area contributed by atoms with E-state index in [4.69, 9.17) is 27.8 Å². The largest absolute Gasteiger partial charge is 0.497 e. The first-order chi connectivity index (χ1) is 12.9. The predicted octanol–water partition coefficient (Wildman–Crippen LogP) is 4.07. The summed E-state index contributed by atoms with van der Waals surface area (Å²) in [6.07, 6.45) is 0. The number of thiophene rings is 1. The Balaban J connectivity index is 1.99. The minimum atomic E-state index is -0.714. The zero-order valence-electron chi connectivity index (χ0n) is 14.3. The first-order valence-corrected chi connectivity index (χ1v) is 9.03. The summed E-state index contributed by atoms with van der Waals surface area (Å²) in [7, 11) is 1.54. The molecule has 0 bridgehead atoms. The molecule has 0 aliphatic heterocycles. The number of halogens is 1. The van der Waals surface area contributed by atoms with Crippen LogP contribution in [-0.2, 0) is 0 Å². The summed E-state index contributed by atoms with van der Waals surface area (Å²) in [4.78, 5) is 25.0. The molecule has 1 amide bonds. The van der Waals surface area contributed by atoms with Crippen LogP contribution in [-0.4, -0.2) is 18.8 Å². The topological polar surface area (TPSA) is 107 Å². The summed E-state index contributed by atoms with van der Waals surface area (Å²) in [6.45, 7) is 0. The van der Waals surface area contributed by atoms with Gasteiger partial charge >= 0.3 is 0 Å². The molecule has 1 heterocycles. The SMILES string of the molecule is COc1ccc(C(=O)c2sc(Nc3ccc(Cl)cc3)c(C(N)=O)c2N)cc1. The van der Waals surface area contributed by atoms with Crippen molar-refractivity contribution in [3.63, 3.8) is 0 Å². The zero-order valence-corrected chi connectivity index (χ0v) is 15.9. The monoisotopic (exact) mass is 401 g/mol. The van der Waals surface area contributed by atoms with Crippen LogP contribution in [0, 0.1) is 0 Å². The van der Waals surface area contributed by atoms with E-state index < -0.39 is 5.91 Å². The number of primary amides is 1. The molecule has 0 saturated heterocycles. The van der Waals surface area contributed by atoms with Crippen LogP contribution in [0.2, 0.25) is 5.02 Å². The van der Waals surface area contributed by atoms with Gasteiger partial charge in [0.05, 0.1) is 18.4 Å². The number of hydrogen-bond donors (Lipinski definition) is 3. The molecule has 0 aliphatic rings. The molecule has 0 radical (unpaired) electrons. The molecule has 8 heteroatoms. The van der Waals surface area contributed by atoms with Gasteiger partial charge in [-0.3, -0.25) is 9.59 Å². The molecule has 27 heavy (non-hydrogen) atoms. The van der Waals surface area contributed by atoms with Crippen LogP contribution >= 0.6 is 22.9 Å². The first-order valence-electron chi connectivity index (χ1n) is 7.84. The molecule has 1 aromatic heterocycles. The summed E-state index contributed by atoms with van der Waals surface area (Å²) < 4.78 is 5.09. The fourth-order valence-corrected chi connectivity index (χ4v) is 3.72. The highest BCUT2D eigenvalue weighted by molar-refractivity contribution is 7.19. The van der Waals surface area contributed by atoms with Gasteiger partial charge in [-0.15, -0.1) is 11.3 Å². The maximum absolute atomic E-state index is 12.8. The van der Waals surface area contributed by atoms with E-state index in [0.717, 1.165) is 11.3 Å². The van der Waals surface area contributed by atoms with Gasteiger partial charge in [-0.1, -0.05) is 11.6 Å². The van der Waals surface area contributed by atoms with Gasteiger partial charge in [0.25, 0.3) is 5.91 Å². The van der Waals surface area contributed by atoms with Crippen molar-refractivity contribution in [2.75, 3.05) is 18.2 Å². The maximum atomic E-state index is 12.8. The van der Waals surface area contributed by atoms with Gasteiger partial charge in [-0.2, -0.15) is 0 Å². The molecule has 0 aliphatic carbocycles. The second kappa shape index (κ2) is 7.69. The van der Waals surface area contributed by atoms with Gasteiger partial charge < -0.3 is 21.5 Å². The molecular weight excluding hydrogens is 386 g/mol. The van der Waals surface area contributed by atoms with Crippen molar-refractivity contribution in [3.8, 4) is 5.75 Å². The third kappa shape index (κ3) is 3.89. The zero-order chi connectivity index (χ0) is 19.6. The Bertz CT molecular complexity index is 998. The number of methoxy groups -OCH3 is 1. The van der Waals surface area contributed by atoms with E-state index in [2.05, 4.69) is 5.32 Å². The van der Waals surface area contributed by atoms with Gasteiger partial charge in [0.15, 0.2) is 0 Å². The predicted molar refractivity (Wildman–Crippen MR) is 108 cm³/mol. The number of rotatable bonds is 6. The number of carbonyl (C=O) groups excluding carboxylic acids is 2. The number of carbonyl (C=O) groups is 2. The lowest BCUT2D eigenvalue weighted by molar-refractivity contribution is 0.100. The normalized spacial score (nSPS) is 10.4. The van der Waals surface area contributed by atoms with Crippen molar-refractivity contribution in [1.82, 2.24) is 0 Å². The van der Waals surface area contributed by atoms with E-state index in [9.17, 15) is 9.59 Å². The highest BCUT2D eigenvalue weighted by atomic mass is 35.5. The van der Waals surface area contributed by atoms with Crippen LogP contribution in [0.4, 0.5) is 16.4 Å². The number of hydrogen-bond acceptors (Lipinski definition) is 6. The molecule has 3 rings (SSSR count). The number of amides is 1. The molecule has 0 atom stereocenters. The fourth-order valence-electron chi connectivity index (χ4n) is 2.48. The van der Waals surface area contributed by atoms with E-state index in [1.54, 1.807) is 55.6 Å². The van der Waals surface area contributed by atoms with E-state index >= 15 is 0 Å². The molecule has 0 unspecified atom stereocenters. The minimum Gasteiger partial charge on any atom is -0.497 e. The number of benzene rings is 2. The molecule has 2 aromatic carbocycles. The van der Waals surface area contributed by atoms with Gasteiger partial charge in [0, 0.05) is 16.3 Å². The Morgan fingerprint density at radius 1 is 1.07 bits per heavy atom. The number of nitrogens with one attached hydrogen (secondary N) is 1. The third-order valence-electron chi connectivity index (χ3n) is 3.85. The summed E-state index contributed by atoms with van der Waals surface area (Å²) in [5.74, 6) is -0.380. The molecule has 138 valence electrons. The molecular formula is C19H16ClN3O3S. The number of ether oxygens (including phenoxy) is 1. The highest BCUT2D eigenvalue weighted by Gasteiger charge is 2.25. The second-order valence-corrected chi connectivity index (χ2v) is 7.06. The van der Waals surface area contributed by atoms with Crippen LogP contribution in [0.15, 0.2) is 48.5 Å². The summed E-state index contributed by atoms with van der Waals surface area (Å²) in [6, 6.07) is 13.5. The smallest absolute Gasteiger partial charge is 0.253 e. The Hall–Kier alpha value is -3.03. The van der Waals surface area contributed by atoms with Crippen LogP contribution in [0.1, 0.15) is 25.6 Å². The quantitative estimate of drug-likeness (QED) is 0.540. The summed E-state index contributed by atoms with van der Waals surface area (Å²) in [5.41, 5.74) is 12.8. The van der Waals surface area contributed by atoms with Gasteiger partial charge in [0.2, 0.25) is 5.78 Å². The Morgan fingerprint density at radius 2 is 1.70 bits per heavy atom. The van der Waals surface area contributed by atoms with Crippen LogP contribution in [0.25, 0.3) is 0 Å². The van der Waals surface area contributed by atoms with E-state index in [1.165, 1.54) is 0 Å². The van der Waals surface area contributed by atoms with Crippen molar-refractivity contribution >= 4 is 51.0 Å². The van der Waals surface area contributed by atoms with E-state index in [1.807, 2.05) is 0 Å². The van der Waals surface area contributed by atoms with Crippen LogP contribution in [0.3, 0.4) is 0 Å². The van der Waals surface area contributed by atoms with Crippen molar-refractivity contribution in [2.24, 2.45) is 5.73 Å². The molecule has 5 N–H and O–H groups in total. The Morgan fingerprint density at radius 3 is 2.26 bits per heavy atom. The van der Waals surface area contributed by atoms with Crippen molar-refractivity contribution in [1.29, 1.82) is 0 Å². The number of anilines is 3. The van der Waals surface area contributed by atoms with Crippen molar-refractivity contribution < 1.29 is 14.3 Å². The number of nitrogens with two attached hydrogens (primary N) is 2. The number of ketones is 1. The first kappa shape index (κ1) is 18.8. The molecule has 3 aromatic rings. The fraction of sp³-hybridized carbons (Fsp3) is 0.0526. The number of nitrogen functional groups attached to an aromatic ring is 1. The van der Waals surface area contributed by atoms with E-state index in [0.29, 0.717) is 27.0 Å². The molecule has 0 saturated carbocycles. The standard InChI is InChI=1S/C19H16ClN3O3S/c1-26-13-8-2-10(3-9-13)16(24)17-15(21)14(18(22)25)19(27-17)23-12-6-4-11(20)5-7-12/h2-9,23H,21H2,1H3,(H2,22,25). The third-order valence-corrected chi connectivity index (χ3v) is 5.22. The van der Waals surface area contributed by atoms with Crippen LogP contribution < -0.4 is 21.5 Å². The van der Waals surface area contributed by atoms with Gasteiger partial charge in [0.1, 0.15) is 15.6 Å². The lowest BCUT2D eigenvalue weighted by Crippen LogP contribution is -2.14. The van der Waals surface area contributed by atoms with Gasteiger partial charge in [-0.05, 0) is 48.5 Å². The van der Waals surface area contributed by atoms with E-state index in [-0.39, 0.29) is 21.9 Å². The van der Waals surface area contributed by atoms with Crippen molar-refractivity contribution in [2.45, 2.75) is 0 Å². The summed E-state index contributed by atoms with van der Waals surface area (Å²) >= 11 is 6.96. The average molecular weight is 402 g/mol. The van der Waals surface area contributed by atoms with Crippen molar-refractivity contribution in [3.05, 3.63) is 69.6 Å². The molecule has 0 spiro atoms. The Labute approximate surface area is 164 Å². The lowest BCUT2D eigenvalue weighted by Gasteiger charge is -2.05. The average Bonchev–Trinajstić information content (AvgIpc) is 2.99. The Kier molecular flexibility index (Phi) is 5.34. The van der Waals surface area contributed by atoms with Gasteiger partial charge in [-0.25, -0.2) is 0 Å². The summed E-state index contributed by atoms with van der Waals surface area (Å²) in [5, 5.41) is 4.06. The lowest BCUT2D eigenvalue weighted by atomic mass is 10.1. The molecule has 0 fully saturated rings. The van der Waals surface area contributed by atoms with Crippen LogP contribution in [0.5, 0.6) is 5.75 Å². The second-order valence-electron chi connectivity index (χ2n) is 5.60. The molecule has 6 nitrogen and oxygen atoms in total. The maximum Gasteiger partial charge on any atom is 0.253 e.